The van der Waals surface area contributed by atoms with Crippen molar-refractivity contribution in [2.45, 2.75) is 19.0 Å². The Hall–Kier alpha value is -1.67. The van der Waals surface area contributed by atoms with E-state index in [9.17, 15) is 4.79 Å². The molecule has 2 aromatic heterocycles. The summed E-state index contributed by atoms with van der Waals surface area (Å²) in [6.45, 7) is 6.45. The van der Waals surface area contributed by atoms with E-state index in [2.05, 4.69) is 15.1 Å². The highest BCUT2D eigenvalue weighted by Crippen LogP contribution is 2.16. The maximum absolute atomic E-state index is 12.1. The van der Waals surface area contributed by atoms with Gasteiger partial charge in [0.1, 0.15) is 0 Å². The van der Waals surface area contributed by atoms with Gasteiger partial charge >= 0.3 is 0 Å². The summed E-state index contributed by atoms with van der Waals surface area (Å²) in [5.74, 6) is 1.02. The molecule has 8 heteroatoms. The lowest BCUT2D eigenvalue weighted by Crippen LogP contribution is -2.41. The summed E-state index contributed by atoms with van der Waals surface area (Å²) in [6.07, 6.45) is 0. The Balaban J connectivity index is 1.67. The predicted octanol–water partition coefficient (Wildman–Crippen LogP) is 0.692. The first-order chi connectivity index (χ1) is 10.1. The Morgan fingerprint density at radius 1 is 1.33 bits per heavy atom. The van der Waals surface area contributed by atoms with Crippen molar-refractivity contribution in [1.29, 1.82) is 0 Å². The zero-order valence-corrected chi connectivity index (χ0v) is 12.9. The van der Waals surface area contributed by atoms with Gasteiger partial charge in [-0.15, -0.1) is 5.10 Å². The minimum absolute atomic E-state index is 0.100. The van der Waals surface area contributed by atoms with E-state index in [4.69, 9.17) is 4.74 Å². The summed E-state index contributed by atoms with van der Waals surface area (Å²) < 4.78 is 6.94. The molecule has 1 fully saturated rings. The number of nitrogens with zero attached hydrogens (tertiary/aromatic N) is 5. The van der Waals surface area contributed by atoms with Crippen LogP contribution in [-0.4, -0.2) is 62.4 Å². The largest absolute Gasteiger partial charge is 0.378 e. The number of aromatic nitrogens is 4. The second kappa shape index (κ2) is 5.98. The molecule has 2 aromatic rings. The predicted molar refractivity (Wildman–Crippen MR) is 78.4 cm³/mol. The molecule has 0 unspecified atom stereocenters. The van der Waals surface area contributed by atoms with E-state index in [1.807, 2.05) is 24.8 Å². The van der Waals surface area contributed by atoms with Crippen molar-refractivity contribution in [3.63, 3.8) is 0 Å². The molecule has 0 spiro atoms. The number of fused-ring (bicyclic) bond motifs is 1. The van der Waals surface area contributed by atoms with Crippen molar-refractivity contribution in [2.24, 2.45) is 0 Å². The molecule has 21 heavy (non-hydrogen) atoms. The molecule has 1 aliphatic rings. The van der Waals surface area contributed by atoms with Gasteiger partial charge in [0, 0.05) is 24.5 Å². The van der Waals surface area contributed by atoms with Crippen molar-refractivity contribution in [2.75, 3.05) is 32.1 Å². The number of carbonyl (C=O) groups is 1. The van der Waals surface area contributed by atoms with Gasteiger partial charge in [0.2, 0.25) is 11.1 Å². The molecular weight excluding hydrogens is 290 g/mol. The van der Waals surface area contributed by atoms with Gasteiger partial charge in [-0.1, -0.05) is 11.8 Å². The number of ether oxygens (including phenoxy) is 1. The van der Waals surface area contributed by atoms with Crippen LogP contribution in [0, 0.1) is 13.8 Å². The molecule has 0 saturated carbocycles. The van der Waals surface area contributed by atoms with E-state index in [1.54, 1.807) is 4.52 Å². The summed E-state index contributed by atoms with van der Waals surface area (Å²) in [6, 6.07) is 1.95. The first-order valence-electron chi connectivity index (χ1n) is 6.83. The maximum atomic E-state index is 12.1. The average Bonchev–Trinajstić information content (AvgIpc) is 2.89. The van der Waals surface area contributed by atoms with Gasteiger partial charge in [-0.05, 0) is 19.9 Å². The fraction of sp³-hybridized carbons (Fsp3) is 0.538. The topological polar surface area (TPSA) is 72.6 Å². The van der Waals surface area contributed by atoms with Crippen LogP contribution in [-0.2, 0) is 9.53 Å². The van der Waals surface area contributed by atoms with Gasteiger partial charge < -0.3 is 9.64 Å². The normalized spacial score (nSPS) is 15.6. The van der Waals surface area contributed by atoms with E-state index in [-0.39, 0.29) is 5.91 Å². The summed E-state index contributed by atoms with van der Waals surface area (Å²) in [4.78, 5) is 22.6. The lowest BCUT2D eigenvalue weighted by atomic mass is 10.4. The van der Waals surface area contributed by atoms with Crippen molar-refractivity contribution < 1.29 is 9.53 Å². The zero-order chi connectivity index (χ0) is 14.8. The zero-order valence-electron chi connectivity index (χ0n) is 12.1. The number of amides is 1. The van der Waals surface area contributed by atoms with Crippen LogP contribution < -0.4 is 0 Å². The second-order valence-corrected chi connectivity index (χ2v) is 5.87. The first-order valence-corrected chi connectivity index (χ1v) is 7.81. The quantitative estimate of drug-likeness (QED) is 0.777. The number of thioether (sulfide) groups is 1. The fourth-order valence-corrected chi connectivity index (χ4v) is 2.96. The van der Waals surface area contributed by atoms with Crippen LogP contribution >= 0.6 is 11.8 Å². The SMILES string of the molecule is Cc1cc(C)n2nc(SCC(=O)N3CCOCC3)nc2n1. The molecule has 0 aromatic carbocycles. The molecule has 0 bridgehead atoms. The van der Waals surface area contributed by atoms with Crippen LogP contribution in [0.25, 0.3) is 5.78 Å². The van der Waals surface area contributed by atoms with Crippen LogP contribution in [0.2, 0.25) is 0 Å². The molecule has 0 atom stereocenters. The highest BCUT2D eigenvalue weighted by atomic mass is 32.2. The second-order valence-electron chi connectivity index (χ2n) is 4.93. The molecule has 3 rings (SSSR count). The fourth-order valence-electron chi connectivity index (χ4n) is 2.24. The molecule has 1 aliphatic heterocycles. The van der Waals surface area contributed by atoms with Crippen LogP contribution in [0.1, 0.15) is 11.4 Å². The molecule has 0 N–H and O–H groups in total. The molecule has 3 heterocycles. The smallest absolute Gasteiger partial charge is 0.253 e. The first kappa shape index (κ1) is 14.3. The summed E-state index contributed by atoms with van der Waals surface area (Å²) in [7, 11) is 0. The van der Waals surface area contributed by atoms with Crippen molar-refractivity contribution in [1.82, 2.24) is 24.5 Å². The van der Waals surface area contributed by atoms with Crippen molar-refractivity contribution >= 4 is 23.4 Å². The number of aryl methyl sites for hydroxylation is 2. The third kappa shape index (κ3) is 3.16. The van der Waals surface area contributed by atoms with Crippen LogP contribution in [0.5, 0.6) is 0 Å². The monoisotopic (exact) mass is 307 g/mol. The van der Waals surface area contributed by atoms with Crippen molar-refractivity contribution in [3.05, 3.63) is 17.5 Å². The number of carbonyl (C=O) groups excluding carboxylic acids is 1. The van der Waals surface area contributed by atoms with Gasteiger partial charge in [0.05, 0.1) is 19.0 Å². The summed E-state index contributed by atoms with van der Waals surface area (Å²) >= 11 is 1.35. The standard InChI is InChI=1S/C13H17N5O2S/c1-9-7-10(2)18-12(14-9)15-13(16-18)21-8-11(19)17-3-5-20-6-4-17/h7H,3-6,8H2,1-2H3. The van der Waals surface area contributed by atoms with E-state index in [0.29, 0.717) is 43.0 Å². The van der Waals surface area contributed by atoms with Crippen LogP contribution in [0.3, 0.4) is 0 Å². The third-order valence-corrected chi connectivity index (χ3v) is 4.11. The maximum Gasteiger partial charge on any atom is 0.253 e. The Morgan fingerprint density at radius 2 is 2.10 bits per heavy atom. The molecular formula is C13H17N5O2S. The lowest BCUT2D eigenvalue weighted by Gasteiger charge is -2.26. The summed E-state index contributed by atoms with van der Waals surface area (Å²) in [5.41, 5.74) is 1.89. The van der Waals surface area contributed by atoms with Crippen LogP contribution in [0.15, 0.2) is 11.2 Å². The van der Waals surface area contributed by atoms with Gasteiger partial charge in [0.15, 0.2) is 0 Å². The minimum Gasteiger partial charge on any atom is -0.378 e. The number of hydrogen-bond donors (Lipinski definition) is 0. The molecule has 7 nitrogen and oxygen atoms in total. The van der Waals surface area contributed by atoms with E-state index < -0.39 is 0 Å². The molecule has 0 aliphatic carbocycles. The molecule has 1 amide bonds. The van der Waals surface area contributed by atoms with Gasteiger partial charge in [-0.2, -0.15) is 4.98 Å². The Labute approximate surface area is 126 Å². The van der Waals surface area contributed by atoms with Gasteiger partial charge in [-0.3, -0.25) is 4.79 Å². The summed E-state index contributed by atoms with van der Waals surface area (Å²) in [5, 5.41) is 4.96. The van der Waals surface area contributed by atoms with E-state index in [0.717, 1.165) is 11.4 Å². The molecule has 0 radical (unpaired) electrons. The van der Waals surface area contributed by atoms with E-state index in [1.165, 1.54) is 11.8 Å². The van der Waals surface area contributed by atoms with E-state index >= 15 is 0 Å². The highest BCUT2D eigenvalue weighted by molar-refractivity contribution is 7.99. The average molecular weight is 307 g/mol. The molecule has 112 valence electrons. The third-order valence-electron chi connectivity index (χ3n) is 3.29. The van der Waals surface area contributed by atoms with Crippen LogP contribution in [0.4, 0.5) is 0 Å². The number of rotatable bonds is 3. The minimum atomic E-state index is 0.100. The lowest BCUT2D eigenvalue weighted by molar-refractivity contribution is -0.132. The molecule has 1 saturated heterocycles. The van der Waals surface area contributed by atoms with Gasteiger partial charge in [0.25, 0.3) is 5.78 Å². The van der Waals surface area contributed by atoms with Crippen molar-refractivity contribution in [3.8, 4) is 0 Å². The Bertz CT molecular complexity index is 666. The highest BCUT2D eigenvalue weighted by Gasteiger charge is 2.18. The number of hydrogen-bond acceptors (Lipinski definition) is 6. The Kier molecular flexibility index (Phi) is 4.07. The number of morpholine rings is 1. The Morgan fingerprint density at radius 3 is 2.86 bits per heavy atom. The van der Waals surface area contributed by atoms with Gasteiger partial charge in [-0.25, -0.2) is 9.50 Å².